The van der Waals surface area contributed by atoms with Crippen LogP contribution in [0.25, 0.3) is 0 Å². The van der Waals surface area contributed by atoms with Gasteiger partial charge in [-0.15, -0.1) is 0 Å². The molecule has 0 saturated carbocycles. The predicted octanol–water partition coefficient (Wildman–Crippen LogP) is 1.81. The van der Waals surface area contributed by atoms with E-state index in [0.29, 0.717) is 11.3 Å². The van der Waals surface area contributed by atoms with Gasteiger partial charge in [0.2, 0.25) is 0 Å². The van der Waals surface area contributed by atoms with Crippen LogP contribution in [0.5, 0.6) is 11.5 Å². The molecule has 2 unspecified atom stereocenters. The maximum absolute atomic E-state index is 12.2. The van der Waals surface area contributed by atoms with Crippen molar-refractivity contribution in [2.75, 3.05) is 13.2 Å². The van der Waals surface area contributed by atoms with Crippen LogP contribution in [0.3, 0.4) is 0 Å². The highest BCUT2D eigenvalue weighted by atomic mass is 16.5. The van der Waals surface area contributed by atoms with E-state index in [1.807, 2.05) is 13.8 Å². The highest BCUT2D eigenvalue weighted by Crippen LogP contribution is 2.45. The molecule has 110 valence electrons. The van der Waals surface area contributed by atoms with Gasteiger partial charge in [-0.1, -0.05) is 13.8 Å². The van der Waals surface area contributed by atoms with E-state index in [2.05, 4.69) is 0 Å². The number of aromatic hydroxyl groups is 1. The van der Waals surface area contributed by atoms with Crippen molar-refractivity contribution in [2.45, 2.75) is 26.4 Å². The Morgan fingerprint density at radius 2 is 2.20 bits per heavy atom. The van der Waals surface area contributed by atoms with Crippen LogP contribution in [0.15, 0.2) is 18.2 Å². The van der Waals surface area contributed by atoms with Crippen molar-refractivity contribution in [1.82, 2.24) is 0 Å². The number of benzene rings is 1. The molecule has 1 heterocycles. The topological polar surface area (TPSA) is 76.0 Å². The van der Waals surface area contributed by atoms with Crippen molar-refractivity contribution in [2.24, 2.45) is 11.8 Å². The maximum Gasteiger partial charge on any atom is 0.312 e. The van der Waals surface area contributed by atoms with Gasteiger partial charge in [-0.25, -0.2) is 0 Å². The number of rotatable bonds is 4. The summed E-state index contributed by atoms with van der Waals surface area (Å²) in [5.74, 6) is -0.794. The zero-order chi connectivity index (χ0) is 14.9. The van der Waals surface area contributed by atoms with Crippen LogP contribution >= 0.6 is 0 Å². The van der Waals surface area contributed by atoms with Crippen LogP contribution in [-0.2, 0) is 15.1 Å². The molecule has 0 saturated heterocycles. The van der Waals surface area contributed by atoms with Crippen LogP contribution in [0.4, 0.5) is 0 Å². The smallest absolute Gasteiger partial charge is 0.312 e. The second-order valence-corrected chi connectivity index (χ2v) is 5.37. The molecule has 0 aliphatic carbocycles. The second-order valence-electron chi connectivity index (χ2n) is 5.37. The van der Waals surface area contributed by atoms with Gasteiger partial charge >= 0.3 is 5.97 Å². The fourth-order valence-corrected chi connectivity index (χ4v) is 2.76. The average Bonchev–Trinajstić information content (AvgIpc) is 2.67. The minimum absolute atomic E-state index is 0.0204. The summed E-state index contributed by atoms with van der Waals surface area (Å²) in [5, 5.41) is 20.4. The lowest BCUT2D eigenvalue weighted by Crippen LogP contribution is -2.45. The number of esters is 1. The highest BCUT2D eigenvalue weighted by molar-refractivity contribution is 5.75. The van der Waals surface area contributed by atoms with Crippen molar-refractivity contribution in [3.63, 3.8) is 0 Å². The molecule has 0 fully saturated rings. The van der Waals surface area contributed by atoms with Gasteiger partial charge in [-0.3, -0.25) is 4.79 Å². The number of carbonyl (C=O) groups is 1. The zero-order valence-corrected chi connectivity index (χ0v) is 11.9. The molecule has 1 aromatic carbocycles. The Labute approximate surface area is 118 Å². The van der Waals surface area contributed by atoms with Gasteiger partial charge in [0, 0.05) is 11.6 Å². The molecule has 1 aliphatic heterocycles. The molecule has 2 N–H and O–H groups in total. The summed E-state index contributed by atoms with van der Waals surface area (Å²) in [6, 6.07) is 4.50. The van der Waals surface area contributed by atoms with Gasteiger partial charge in [0.1, 0.15) is 23.7 Å². The second kappa shape index (κ2) is 5.32. The molecule has 5 nitrogen and oxygen atoms in total. The number of ether oxygens (including phenoxy) is 2. The number of hydrogen-bond donors (Lipinski definition) is 2. The highest BCUT2D eigenvalue weighted by Gasteiger charge is 2.51. The molecule has 5 heteroatoms. The van der Waals surface area contributed by atoms with Crippen LogP contribution in [0.1, 0.15) is 26.3 Å². The van der Waals surface area contributed by atoms with Crippen LogP contribution in [-0.4, -0.2) is 29.4 Å². The molecule has 1 aromatic rings. The molecular formula is C15H20O5. The number of hydrogen-bond acceptors (Lipinski definition) is 5. The standard InChI is InChI=1S/C15H20O5/c1-4-19-14(17)13(9(2)3)15(18)8-20-12-7-10(16)5-6-11(12)15/h5-7,9,13,16,18H,4,8H2,1-3H3. The predicted molar refractivity (Wildman–Crippen MR) is 72.5 cm³/mol. The van der Waals surface area contributed by atoms with Gasteiger partial charge in [0.15, 0.2) is 0 Å². The molecular weight excluding hydrogens is 260 g/mol. The summed E-state index contributed by atoms with van der Waals surface area (Å²) >= 11 is 0. The molecule has 2 atom stereocenters. The van der Waals surface area contributed by atoms with E-state index >= 15 is 0 Å². The third-order valence-corrected chi connectivity index (χ3v) is 3.60. The molecule has 0 spiro atoms. The van der Waals surface area contributed by atoms with Gasteiger partial charge in [-0.2, -0.15) is 0 Å². The third kappa shape index (κ3) is 2.33. The fourth-order valence-electron chi connectivity index (χ4n) is 2.76. The van der Waals surface area contributed by atoms with E-state index in [9.17, 15) is 15.0 Å². The molecule has 0 radical (unpaired) electrons. The lowest BCUT2D eigenvalue weighted by Gasteiger charge is -2.32. The zero-order valence-electron chi connectivity index (χ0n) is 11.9. The van der Waals surface area contributed by atoms with E-state index < -0.39 is 17.5 Å². The first kappa shape index (κ1) is 14.7. The Morgan fingerprint density at radius 1 is 1.50 bits per heavy atom. The Bertz CT molecular complexity index is 511. The van der Waals surface area contributed by atoms with E-state index in [4.69, 9.17) is 9.47 Å². The first-order chi connectivity index (χ1) is 9.40. The first-order valence-electron chi connectivity index (χ1n) is 6.75. The number of aliphatic hydroxyl groups is 1. The molecule has 0 bridgehead atoms. The normalized spacial score (nSPS) is 22.2. The van der Waals surface area contributed by atoms with E-state index in [-0.39, 0.29) is 24.9 Å². The van der Waals surface area contributed by atoms with Crippen LogP contribution in [0.2, 0.25) is 0 Å². The summed E-state index contributed by atoms with van der Waals surface area (Å²) in [6.45, 7) is 5.70. The Morgan fingerprint density at radius 3 is 2.80 bits per heavy atom. The number of fused-ring (bicyclic) bond motifs is 1. The van der Waals surface area contributed by atoms with Crippen molar-refractivity contribution in [3.05, 3.63) is 23.8 Å². The number of phenolic OH excluding ortho intramolecular Hbond substituents is 1. The Balaban J connectivity index is 2.42. The molecule has 20 heavy (non-hydrogen) atoms. The minimum Gasteiger partial charge on any atom is -0.508 e. The SMILES string of the molecule is CCOC(=O)C(C(C)C)C1(O)COc2cc(O)ccc21. The molecule has 0 amide bonds. The van der Waals surface area contributed by atoms with Gasteiger partial charge in [-0.05, 0) is 25.0 Å². The van der Waals surface area contributed by atoms with E-state index in [0.717, 1.165) is 0 Å². The average molecular weight is 280 g/mol. The molecule has 2 rings (SSSR count). The Kier molecular flexibility index (Phi) is 3.90. The maximum atomic E-state index is 12.2. The van der Waals surface area contributed by atoms with Crippen molar-refractivity contribution < 1.29 is 24.5 Å². The summed E-state index contributed by atoms with van der Waals surface area (Å²) < 4.78 is 10.5. The van der Waals surface area contributed by atoms with Crippen LogP contribution in [0, 0.1) is 11.8 Å². The van der Waals surface area contributed by atoms with E-state index in [1.165, 1.54) is 12.1 Å². The lowest BCUT2D eigenvalue weighted by molar-refractivity contribution is -0.164. The van der Waals surface area contributed by atoms with Crippen molar-refractivity contribution in [3.8, 4) is 11.5 Å². The van der Waals surface area contributed by atoms with Gasteiger partial charge in [0.25, 0.3) is 0 Å². The van der Waals surface area contributed by atoms with Crippen molar-refractivity contribution >= 4 is 5.97 Å². The van der Waals surface area contributed by atoms with Gasteiger partial charge < -0.3 is 19.7 Å². The largest absolute Gasteiger partial charge is 0.508 e. The number of phenols is 1. The van der Waals surface area contributed by atoms with Crippen molar-refractivity contribution in [1.29, 1.82) is 0 Å². The molecule has 1 aliphatic rings. The monoisotopic (exact) mass is 280 g/mol. The van der Waals surface area contributed by atoms with Crippen LogP contribution < -0.4 is 4.74 Å². The Hall–Kier alpha value is -1.75. The molecule has 0 aromatic heterocycles. The van der Waals surface area contributed by atoms with E-state index in [1.54, 1.807) is 13.0 Å². The number of carbonyl (C=O) groups excluding carboxylic acids is 1. The lowest BCUT2D eigenvalue weighted by atomic mass is 9.76. The summed E-state index contributed by atoms with van der Waals surface area (Å²) in [7, 11) is 0. The summed E-state index contributed by atoms with van der Waals surface area (Å²) in [4.78, 5) is 12.2. The summed E-state index contributed by atoms with van der Waals surface area (Å²) in [5.41, 5.74) is -0.911. The summed E-state index contributed by atoms with van der Waals surface area (Å²) in [6.07, 6.45) is 0. The fraction of sp³-hybridized carbons (Fsp3) is 0.533. The van der Waals surface area contributed by atoms with Gasteiger partial charge in [0.05, 0.1) is 12.5 Å². The minimum atomic E-state index is -1.43. The first-order valence-corrected chi connectivity index (χ1v) is 6.75. The quantitative estimate of drug-likeness (QED) is 0.823. The third-order valence-electron chi connectivity index (χ3n) is 3.60.